The summed E-state index contributed by atoms with van der Waals surface area (Å²) in [4.78, 5) is 14.0. The Morgan fingerprint density at radius 2 is 1.58 bits per heavy atom. The average molecular weight is 503 g/mol. The topological polar surface area (TPSA) is 54.0 Å². The molecule has 2 bridgehead atoms. The van der Waals surface area contributed by atoms with Crippen LogP contribution in [0.5, 0.6) is 0 Å². The summed E-state index contributed by atoms with van der Waals surface area (Å²) in [5.74, 6) is 0.604. The Labute approximate surface area is 218 Å². The second-order valence-corrected chi connectivity index (χ2v) is 15.1. The smallest absolute Gasteiger partial charge is 0.312 e. The van der Waals surface area contributed by atoms with Gasteiger partial charge in [0.05, 0.1) is 22.7 Å². The van der Waals surface area contributed by atoms with Crippen LogP contribution in [-0.4, -0.2) is 41.8 Å². The van der Waals surface area contributed by atoms with Gasteiger partial charge in [0.1, 0.15) is 5.60 Å². The molecular weight excluding hydrogens is 452 g/mol. The molecule has 0 N–H and O–H groups in total. The van der Waals surface area contributed by atoms with Crippen molar-refractivity contribution in [1.29, 1.82) is 0 Å². The summed E-state index contributed by atoms with van der Waals surface area (Å²) >= 11 is 0. The van der Waals surface area contributed by atoms with E-state index in [-0.39, 0.29) is 34.3 Å². The Bertz CT molecular complexity index is 869. The van der Waals surface area contributed by atoms with Crippen LogP contribution in [0.15, 0.2) is 0 Å². The molecule has 5 saturated carbocycles. The van der Waals surface area contributed by atoms with Gasteiger partial charge >= 0.3 is 5.97 Å². The molecule has 0 radical (unpaired) electrons. The molecule has 0 aromatic rings. The third kappa shape index (κ3) is 3.68. The van der Waals surface area contributed by atoms with E-state index in [0.717, 1.165) is 64.4 Å². The van der Waals surface area contributed by atoms with Gasteiger partial charge in [0, 0.05) is 24.9 Å². The molecule has 1 heterocycles. The van der Waals surface area contributed by atoms with Gasteiger partial charge in [-0.3, -0.25) is 4.79 Å². The Hall–Kier alpha value is -0.650. The van der Waals surface area contributed by atoms with Crippen LogP contribution in [0.3, 0.4) is 0 Å². The van der Waals surface area contributed by atoms with E-state index in [2.05, 4.69) is 34.6 Å². The minimum absolute atomic E-state index is 0.00262. The molecule has 36 heavy (non-hydrogen) atoms. The van der Waals surface area contributed by atoms with Gasteiger partial charge in [0.25, 0.3) is 0 Å². The number of esters is 1. The maximum absolute atomic E-state index is 14.0. The highest BCUT2D eigenvalue weighted by atomic mass is 16.7. The molecule has 5 nitrogen and oxygen atoms in total. The molecule has 7 atom stereocenters. The minimum atomic E-state index is -0.465. The fourth-order valence-corrected chi connectivity index (χ4v) is 10.0. The van der Waals surface area contributed by atoms with Gasteiger partial charge in [-0.2, -0.15) is 0 Å². The first-order valence-electron chi connectivity index (χ1n) is 15.2. The zero-order chi connectivity index (χ0) is 25.5. The Morgan fingerprint density at radius 3 is 2.22 bits per heavy atom. The molecule has 6 fully saturated rings. The van der Waals surface area contributed by atoms with Crippen molar-refractivity contribution in [2.45, 2.75) is 160 Å². The fraction of sp³-hybridized carbons (Fsp3) is 0.968. The molecular formula is C31H50O5. The maximum Gasteiger partial charge on any atom is 0.312 e. The predicted octanol–water partition coefficient (Wildman–Crippen LogP) is 7.10. The summed E-state index contributed by atoms with van der Waals surface area (Å²) in [6.07, 6.45) is 16.2. The van der Waals surface area contributed by atoms with Crippen molar-refractivity contribution >= 4 is 5.97 Å². The molecule has 0 amide bonds. The van der Waals surface area contributed by atoms with Crippen LogP contribution < -0.4 is 0 Å². The monoisotopic (exact) mass is 502 g/mol. The summed E-state index contributed by atoms with van der Waals surface area (Å²) < 4.78 is 27.0. The van der Waals surface area contributed by atoms with Gasteiger partial charge in [-0.25, -0.2) is 0 Å². The van der Waals surface area contributed by atoms with Crippen LogP contribution in [0.1, 0.15) is 131 Å². The van der Waals surface area contributed by atoms with Crippen molar-refractivity contribution in [2.75, 3.05) is 6.61 Å². The average Bonchev–Trinajstić information content (AvgIpc) is 3.20. The molecule has 6 aliphatic rings. The van der Waals surface area contributed by atoms with Gasteiger partial charge in [-0.05, 0) is 82.5 Å². The SMILES string of the molecule is CCC(C)(CC(C)(C)C)C(=O)OC12CC3CC4(OC5CCCCC5)CC(OC5CCCCO5)(C1)CC324. The molecule has 204 valence electrons. The Kier molecular flexibility index (Phi) is 5.99. The second kappa shape index (κ2) is 8.42. The molecule has 5 aliphatic carbocycles. The van der Waals surface area contributed by atoms with Crippen molar-refractivity contribution in [2.24, 2.45) is 22.2 Å². The molecule has 6 rings (SSSR count). The number of carbonyl (C=O) groups is 1. The zero-order valence-corrected chi connectivity index (χ0v) is 23.6. The maximum atomic E-state index is 14.0. The van der Waals surface area contributed by atoms with Gasteiger partial charge in [-0.15, -0.1) is 0 Å². The van der Waals surface area contributed by atoms with Crippen molar-refractivity contribution in [3.63, 3.8) is 0 Å². The van der Waals surface area contributed by atoms with Gasteiger partial charge in [-0.1, -0.05) is 47.0 Å². The van der Waals surface area contributed by atoms with Gasteiger partial charge in [0.15, 0.2) is 6.29 Å². The molecule has 0 aromatic heterocycles. The first kappa shape index (κ1) is 25.6. The Balaban J connectivity index is 1.29. The second-order valence-electron chi connectivity index (χ2n) is 15.1. The zero-order valence-electron chi connectivity index (χ0n) is 23.6. The van der Waals surface area contributed by atoms with Gasteiger partial charge in [0.2, 0.25) is 0 Å². The van der Waals surface area contributed by atoms with Gasteiger partial charge < -0.3 is 18.9 Å². The normalized spacial score (nSPS) is 45.4. The predicted molar refractivity (Wildman–Crippen MR) is 138 cm³/mol. The number of rotatable bonds is 8. The van der Waals surface area contributed by atoms with E-state index in [9.17, 15) is 4.79 Å². The summed E-state index contributed by atoms with van der Waals surface area (Å²) in [7, 11) is 0. The van der Waals surface area contributed by atoms with Crippen molar-refractivity contribution in [3.05, 3.63) is 0 Å². The lowest BCUT2D eigenvalue weighted by atomic mass is 9.34. The van der Waals surface area contributed by atoms with E-state index in [1.54, 1.807) is 0 Å². The lowest BCUT2D eigenvalue weighted by molar-refractivity contribution is -0.382. The summed E-state index contributed by atoms with van der Waals surface area (Å²) in [5.41, 5.74) is -1.34. The van der Waals surface area contributed by atoms with E-state index >= 15 is 0 Å². The summed E-state index contributed by atoms with van der Waals surface area (Å²) in [5, 5.41) is 0. The third-order valence-electron chi connectivity index (χ3n) is 11.2. The molecule has 1 spiro atoms. The van der Waals surface area contributed by atoms with E-state index in [1.807, 2.05) is 0 Å². The summed E-state index contributed by atoms with van der Waals surface area (Å²) in [6, 6.07) is 0. The highest BCUT2D eigenvalue weighted by Gasteiger charge is 2.93. The number of hydrogen-bond donors (Lipinski definition) is 0. The van der Waals surface area contributed by atoms with Crippen LogP contribution in [0.4, 0.5) is 0 Å². The van der Waals surface area contributed by atoms with E-state index in [4.69, 9.17) is 18.9 Å². The van der Waals surface area contributed by atoms with Crippen LogP contribution in [-0.2, 0) is 23.7 Å². The highest BCUT2D eigenvalue weighted by Crippen LogP contribution is 2.88. The third-order valence-corrected chi connectivity index (χ3v) is 11.2. The molecule has 1 saturated heterocycles. The van der Waals surface area contributed by atoms with Crippen molar-refractivity contribution in [1.82, 2.24) is 0 Å². The standard InChI is InChI=1S/C31H50O5/c1-6-27(5,18-26(2,3)4)25(32)36-30-17-22-16-29(34-23-12-8-7-9-13-23)19-28(20-30,21-31(22,29)30)35-24-14-10-11-15-33-24/h22-24H,6-21H2,1-5H3. The van der Waals surface area contributed by atoms with Crippen LogP contribution in [0.25, 0.3) is 0 Å². The van der Waals surface area contributed by atoms with Crippen LogP contribution >= 0.6 is 0 Å². The number of ether oxygens (including phenoxy) is 4. The highest BCUT2D eigenvalue weighted by molar-refractivity contribution is 5.77. The van der Waals surface area contributed by atoms with E-state index in [0.29, 0.717) is 12.0 Å². The fourth-order valence-electron chi connectivity index (χ4n) is 10.0. The first-order chi connectivity index (χ1) is 17.0. The number of carbonyl (C=O) groups excluding carboxylic acids is 1. The minimum Gasteiger partial charge on any atom is -0.458 e. The Morgan fingerprint density at radius 1 is 0.889 bits per heavy atom. The molecule has 1 aliphatic heterocycles. The van der Waals surface area contributed by atoms with E-state index < -0.39 is 11.0 Å². The lowest BCUT2D eigenvalue weighted by Crippen LogP contribution is -2.81. The first-order valence-corrected chi connectivity index (χ1v) is 15.2. The number of fused-ring (bicyclic) bond motifs is 1. The van der Waals surface area contributed by atoms with Crippen molar-refractivity contribution < 1.29 is 23.7 Å². The van der Waals surface area contributed by atoms with Crippen molar-refractivity contribution in [3.8, 4) is 0 Å². The summed E-state index contributed by atoms with van der Waals surface area (Å²) in [6.45, 7) is 11.7. The van der Waals surface area contributed by atoms with Crippen LogP contribution in [0, 0.1) is 22.2 Å². The molecule has 5 heteroatoms. The largest absolute Gasteiger partial charge is 0.458 e. The molecule has 7 unspecified atom stereocenters. The quantitative estimate of drug-likeness (QED) is 0.331. The molecule has 0 aromatic carbocycles. The van der Waals surface area contributed by atoms with Crippen LogP contribution in [0.2, 0.25) is 0 Å². The lowest BCUT2D eigenvalue weighted by Gasteiger charge is -2.76. The van der Waals surface area contributed by atoms with E-state index in [1.165, 1.54) is 38.5 Å². The number of hydrogen-bond acceptors (Lipinski definition) is 5.